The number of amides is 1. The highest BCUT2D eigenvalue weighted by atomic mass is 19.4. The van der Waals surface area contributed by atoms with Crippen LogP contribution < -0.4 is 0 Å². The molecule has 3 aromatic rings. The summed E-state index contributed by atoms with van der Waals surface area (Å²) in [6.45, 7) is 6.12. The van der Waals surface area contributed by atoms with Crippen molar-refractivity contribution in [3.05, 3.63) is 71.1 Å². The zero-order valence-electron chi connectivity index (χ0n) is 17.6. The Morgan fingerprint density at radius 2 is 1.87 bits per heavy atom. The molecule has 0 bridgehead atoms. The van der Waals surface area contributed by atoms with Crippen LogP contribution in [0.15, 0.2) is 53.1 Å². The SMILES string of the molecule is CC[C@H](C)N(CCc1nc(-c2cccc(C)c2)no1)C(=O)c1ccc(C(F)(F)F)cc1. The molecule has 0 saturated carbocycles. The molecule has 8 heteroatoms. The van der Waals surface area contributed by atoms with Gasteiger partial charge in [-0.05, 0) is 50.6 Å². The van der Waals surface area contributed by atoms with Gasteiger partial charge in [-0.3, -0.25) is 4.79 Å². The lowest BCUT2D eigenvalue weighted by atomic mass is 10.1. The first kappa shape index (κ1) is 22.5. The average Bonchev–Trinajstić information content (AvgIpc) is 3.22. The van der Waals surface area contributed by atoms with E-state index < -0.39 is 11.7 Å². The second kappa shape index (κ2) is 9.32. The minimum Gasteiger partial charge on any atom is -0.339 e. The van der Waals surface area contributed by atoms with E-state index in [1.807, 2.05) is 45.0 Å². The van der Waals surface area contributed by atoms with Gasteiger partial charge in [-0.25, -0.2) is 0 Å². The molecule has 0 spiro atoms. The van der Waals surface area contributed by atoms with Crippen molar-refractivity contribution in [2.24, 2.45) is 0 Å². The average molecular weight is 431 g/mol. The van der Waals surface area contributed by atoms with Crippen LogP contribution in [0.25, 0.3) is 11.4 Å². The molecule has 0 aliphatic heterocycles. The van der Waals surface area contributed by atoms with Gasteiger partial charge in [0.05, 0.1) is 5.56 Å². The highest BCUT2D eigenvalue weighted by molar-refractivity contribution is 5.94. The summed E-state index contributed by atoms with van der Waals surface area (Å²) in [7, 11) is 0. The van der Waals surface area contributed by atoms with Crippen molar-refractivity contribution >= 4 is 5.91 Å². The number of carbonyl (C=O) groups is 1. The molecule has 2 aromatic carbocycles. The molecular formula is C23H24F3N3O2. The molecule has 0 radical (unpaired) electrons. The van der Waals surface area contributed by atoms with Crippen molar-refractivity contribution in [2.75, 3.05) is 6.54 Å². The van der Waals surface area contributed by atoms with Gasteiger partial charge in [0.2, 0.25) is 11.7 Å². The van der Waals surface area contributed by atoms with Crippen LogP contribution in [-0.2, 0) is 12.6 Å². The third-order valence-corrected chi connectivity index (χ3v) is 5.15. The topological polar surface area (TPSA) is 59.2 Å². The van der Waals surface area contributed by atoms with Crippen molar-refractivity contribution in [1.29, 1.82) is 0 Å². The number of hydrogen-bond acceptors (Lipinski definition) is 4. The number of carbonyl (C=O) groups excluding carboxylic acids is 1. The molecule has 3 rings (SSSR count). The third kappa shape index (κ3) is 5.51. The Morgan fingerprint density at radius 1 is 1.16 bits per heavy atom. The van der Waals surface area contributed by atoms with Gasteiger partial charge in [0.1, 0.15) is 0 Å². The normalized spacial score (nSPS) is 12.6. The van der Waals surface area contributed by atoms with Gasteiger partial charge in [0.15, 0.2) is 0 Å². The van der Waals surface area contributed by atoms with Gasteiger partial charge >= 0.3 is 6.18 Å². The number of aromatic nitrogens is 2. The number of hydrogen-bond donors (Lipinski definition) is 0. The van der Waals surface area contributed by atoms with E-state index in [0.717, 1.165) is 23.3 Å². The molecule has 31 heavy (non-hydrogen) atoms. The van der Waals surface area contributed by atoms with Gasteiger partial charge in [-0.15, -0.1) is 0 Å². The van der Waals surface area contributed by atoms with Crippen LogP contribution in [0.5, 0.6) is 0 Å². The van der Waals surface area contributed by atoms with Gasteiger partial charge in [0, 0.05) is 30.1 Å². The largest absolute Gasteiger partial charge is 0.416 e. The summed E-state index contributed by atoms with van der Waals surface area (Å²) in [6.07, 6.45) is -3.40. The Hall–Kier alpha value is -3.16. The number of nitrogens with zero attached hydrogens (tertiary/aromatic N) is 3. The van der Waals surface area contributed by atoms with E-state index in [0.29, 0.717) is 31.1 Å². The van der Waals surface area contributed by atoms with Crippen LogP contribution in [0.4, 0.5) is 13.2 Å². The molecule has 1 atom stereocenters. The van der Waals surface area contributed by atoms with E-state index in [1.54, 1.807) is 4.90 Å². The fourth-order valence-corrected chi connectivity index (χ4v) is 3.18. The standard InChI is InChI=1S/C23H24F3N3O2/c1-4-16(3)29(22(30)17-8-10-19(11-9-17)23(24,25)26)13-12-20-27-21(28-31-20)18-7-5-6-15(2)14-18/h5-11,14,16H,4,12-13H2,1-3H3/t16-/m0/s1. The maximum absolute atomic E-state index is 13.0. The fourth-order valence-electron chi connectivity index (χ4n) is 3.18. The van der Waals surface area contributed by atoms with E-state index in [2.05, 4.69) is 10.1 Å². The maximum Gasteiger partial charge on any atom is 0.416 e. The van der Waals surface area contributed by atoms with Crippen LogP contribution in [0.3, 0.4) is 0 Å². The summed E-state index contributed by atoms with van der Waals surface area (Å²) in [5.41, 5.74) is 1.34. The smallest absolute Gasteiger partial charge is 0.339 e. The summed E-state index contributed by atoms with van der Waals surface area (Å²) in [6, 6.07) is 11.9. The molecule has 1 aromatic heterocycles. The van der Waals surface area contributed by atoms with Crippen molar-refractivity contribution in [1.82, 2.24) is 15.0 Å². The molecular weight excluding hydrogens is 407 g/mol. The zero-order valence-corrected chi connectivity index (χ0v) is 17.6. The molecule has 5 nitrogen and oxygen atoms in total. The summed E-state index contributed by atoms with van der Waals surface area (Å²) in [4.78, 5) is 19.0. The van der Waals surface area contributed by atoms with Crippen molar-refractivity contribution < 1.29 is 22.5 Å². The first-order chi connectivity index (χ1) is 14.7. The molecule has 0 saturated heterocycles. The lowest BCUT2D eigenvalue weighted by molar-refractivity contribution is -0.137. The van der Waals surface area contributed by atoms with Gasteiger partial charge in [-0.1, -0.05) is 35.8 Å². The Labute approximate surface area is 178 Å². The molecule has 0 fully saturated rings. The highest BCUT2D eigenvalue weighted by Gasteiger charge is 2.30. The van der Waals surface area contributed by atoms with Crippen molar-refractivity contribution in [3.63, 3.8) is 0 Å². The van der Waals surface area contributed by atoms with E-state index in [4.69, 9.17) is 4.52 Å². The summed E-state index contributed by atoms with van der Waals surface area (Å²) >= 11 is 0. The van der Waals surface area contributed by atoms with Crippen molar-refractivity contribution in [3.8, 4) is 11.4 Å². The van der Waals surface area contributed by atoms with Gasteiger partial charge < -0.3 is 9.42 Å². The quantitative estimate of drug-likeness (QED) is 0.492. The lowest BCUT2D eigenvalue weighted by Crippen LogP contribution is -2.39. The van der Waals surface area contributed by atoms with E-state index in [-0.39, 0.29) is 17.5 Å². The molecule has 0 unspecified atom stereocenters. The fraction of sp³-hybridized carbons (Fsp3) is 0.348. The number of rotatable bonds is 7. The predicted molar refractivity (Wildman–Crippen MR) is 110 cm³/mol. The predicted octanol–water partition coefficient (Wildman–Crippen LogP) is 5.55. The first-order valence-corrected chi connectivity index (χ1v) is 10.1. The molecule has 0 N–H and O–H groups in total. The monoisotopic (exact) mass is 431 g/mol. The summed E-state index contributed by atoms with van der Waals surface area (Å²) < 4.78 is 43.7. The van der Waals surface area contributed by atoms with Crippen LogP contribution in [0.1, 0.15) is 47.6 Å². The van der Waals surface area contributed by atoms with Crippen LogP contribution in [0, 0.1) is 6.92 Å². The second-order valence-corrected chi connectivity index (χ2v) is 7.46. The van der Waals surface area contributed by atoms with Gasteiger partial charge in [0.25, 0.3) is 5.91 Å². The molecule has 164 valence electrons. The molecule has 1 heterocycles. The zero-order chi connectivity index (χ0) is 22.6. The second-order valence-electron chi connectivity index (χ2n) is 7.46. The molecule has 0 aliphatic rings. The summed E-state index contributed by atoms with van der Waals surface area (Å²) in [5.74, 6) is 0.536. The number of halogens is 3. The number of aryl methyl sites for hydroxylation is 1. The Bertz CT molecular complexity index is 1030. The molecule has 1 amide bonds. The maximum atomic E-state index is 13.0. The van der Waals surface area contributed by atoms with Gasteiger partial charge in [-0.2, -0.15) is 18.2 Å². The number of alkyl halides is 3. The van der Waals surface area contributed by atoms with Crippen LogP contribution in [-0.4, -0.2) is 33.5 Å². The molecule has 0 aliphatic carbocycles. The van der Waals surface area contributed by atoms with E-state index in [1.165, 1.54) is 12.1 Å². The highest BCUT2D eigenvalue weighted by Crippen LogP contribution is 2.29. The first-order valence-electron chi connectivity index (χ1n) is 10.1. The Morgan fingerprint density at radius 3 is 2.48 bits per heavy atom. The van der Waals surface area contributed by atoms with E-state index >= 15 is 0 Å². The van der Waals surface area contributed by atoms with Crippen LogP contribution in [0.2, 0.25) is 0 Å². The van der Waals surface area contributed by atoms with Crippen LogP contribution >= 0.6 is 0 Å². The Kier molecular flexibility index (Phi) is 6.77. The number of benzene rings is 2. The minimum absolute atomic E-state index is 0.103. The van der Waals surface area contributed by atoms with E-state index in [9.17, 15) is 18.0 Å². The van der Waals surface area contributed by atoms with Crippen molar-refractivity contribution in [2.45, 2.75) is 45.8 Å². The summed E-state index contributed by atoms with van der Waals surface area (Å²) in [5, 5.41) is 4.01. The lowest BCUT2D eigenvalue weighted by Gasteiger charge is -2.28. The third-order valence-electron chi connectivity index (χ3n) is 5.15. The minimum atomic E-state index is -4.44. The Balaban J connectivity index is 1.73.